The molecule has 0 saturated heterocycles. The maximum absolute atomic E-state index is 13.8. The zero-order valence-electron chi connectivity index (χ0n) is 22.2. The standard InChI is InChI=1S/C31H27ClN2O4S2/c1-4-37-30(36)27-19(2)33-31-34(28(27)21-11-15-24(39-3)16-12-21)29(35)26(40-31)17-20-9-13-23(14-10-20)38-18-22-7-5-6-8-25(22)32/h5-17,28H,4,18H2,1-3H3. The number of carbonyl (C=O) groups excluding carboxylic acids is 1. The highest BCUT2D eigenvalue weighted by atomic mass is 35.5. The molecule has 9 heteroatoms. The number of allylic oxidation sites excluding steroid dienone is 1. The molecule has 1 aromatic heterocycles. The molecule has 40 heavy (non-hydrogen) atoms. The number of ether oxygens (including phenoxy) is 2. The number of hydrogen-bond acceptors (Lipinski definition) is 7. The van der Waals surface area contributed by atoms with Gasteiger partial charge in [0.2, 0.25) is 0 Å². The summed E-state index contributed by atoms with van der Waals surface area (Å²) < 4.78 is 13.4. The third-order valence-electron chi connectivity index (χ3n) is 6.48. The minimum Gasteiger partial charge on any atom is -0.489 e. The van der Waals surface area contributed by atoms with E-state index < -0.39 is 12.0 Å². The Morgan fingerprint density at radius 2 is 1.82 bits per heavy atom. The van der Waals surface area contributed by atoms with Crippen LogP contribution in [0, 0.1) is 0 Å². The van der Waals surface area contributed by atoms with Gasteiger partial charge in [-0.3, -0.25) is 9.36 Å². The number of thiazole rings is 1. The third-order valence-corrected chi connectivity index (χ3v) is 8.57. The summed E-state index contributed by atoms with van der Waals surface area (Å²) in [4.78, 5) is 33.1. The van der Waals surface area contributed by atoms with Crippen molar-refractivity contribution in [1.82, 2.24) is 4.57 Å². The highest BCUT2D eigenvalue weighted by Crippen LogP contribution is 2.31. The summed E-state index contributed by atoms with van der Waals surface area (Å²) in [5, 5.41) is 0.661. The van der Waals surface area contributed by atoms with Crippen molar-refractivity contribution in [3.63, 3.8) is 0 Å². The molecule has 0 saturated carbocycles. The van der Waals surface area contributed by atoms with E-state index in [1.165, 1.54) is 11.3 Å². The highest BCUT2D eigenvalue weighted by molar-refractivity contribution is 7.98. The van der Waals surface area contributed by atoms with Gasteiger partial charge in [-0.25, -0.2) is 9.79 Å². The van der Waals surface area contributed by atoms with E-state index in [-0.39, 0.29) is 12.2 Å². The number of hydrogen-bond donors (Lipinski definition) is 0. The molecule has 0 spiro atoms. The second-order valence-electron chi connectivity index (χ2n) is 9.02. The van der Waals surface area contributed by atoms with Crippen LogP contribution in [0.2, 0.25) is 5.02 Å². The molecule has 0 aliphatic carbocycles. The Bertz CT molecular complexity index is 1760. The maximum atomic E-state index is 13.8. The zero-order valence-corrected chi connectivity index (χ0v) is 24.6. The second kappa shape index (κ2) is 12.3. The molecule has 5 rings (SSSR count). The number of halogens is 1. The Kier molecular flexibility index (Phi) is 8.59. The number of nitrogens with zero attached hydrogens (tertiary/aromatic N) is 2. The van der Waals surface area contributed by atoms with Gasteiger partial charge in [-0.05, 0) is 67.6 Å². The van der Waals surface area contributed by atoms with E-state index in [1.807, 2.05) is 85.1 Å². The molecular weight excluding hydrogens is 564 g/mol. The van der Waals surface area contributed by atoms with Crippen molar-refractivity contribution in [3.05, 3.63) is 125 Å². The minimum atomic E-state index is -0.631. The second-order valence-corrected chi connectivity index (χ2v) is 11.3. The third kappa shape index (κ3) is 5.80. The molecule has 1 atom stereocenters. The summed E-state index contributed by atoms with van der Waals surface area (Å²) in [5.41, 5.74) is 3.28. The maximum Gasteiger partial charge on any atom is 0.338 e. The van der Waals surface area contributed by atoms with E-state index in [0.717, 1.165) is 21.6 Å². The van der Waals surface area contributed by atoms with Gasteiger partial charge in [0, 0.05) is 15.5 Å². The van der Waals surface area contributed by atoms with Gasteiger partial charge in [0.25, 0.3) is 5.56 Å². The summed E-state index contributed by atoms with van der Waals surface area (Å²) >= 11 is 9.15. The summed E-state index contributed by atoms with van der Waals surface area (Å²) in [7, 11) is 0. The van der Waals surface area contributed by atoms with Gasteiger partial charge in [0.15, 0.2) is 4.80 Å². The molecule has 2 heterocycles. The van der Waals surface area contributed by atoms with Gasteiger partial charge in [-0.2, -0.15) is 0 Å². The molecule has 0 bridgehead atoms. The van der Waals surface area contributed by atoms with Crippen molar-refractivity contribution in [2.24, 2.45) is 4.99 Å². The van der Waals surface area contributed by atoms with Crippen LogP contribution in [-0.2, 0) is 16.1 Å². The molecule has 4 aromatic rings. The first-order chi connectivity index (χ1) is 19.4. The molecule has 3 aromatic carbocycles. The average molecular weight is 591 g/mol. The van der Waals surface area contributed by atoms with Crippen molar-refractivity contribution in [2.45, 2.75) is 31.4 Å². The molecule has 0 amide bonds. The first-order valence-electron chi connectivity index (χ1n) is 12.7. The Morgan fingerprint density at radius 3 is 2.50 bits per heavy atom. The van der Waals surface area contributed by atoms with E-state index in [4.69, 9.17) is 21.1 Å². The first-order valence-corrected chi connectivity index (χ1v) is 15.1. The molecule has 6 nitrogen and oxygen atoms in total. The zero-order chi connectivity index (χ0) is 28.2. The van der Waals surface area contributed by atoms with E-state index >= 15 is 0 Å². The summed E-state index contributed by atoms with van der Waals surface area (Å²) in [6.07, 6.45) is 3.84. The van der Waals surface area contributed by atoms with Crippen molar-refractivity contribution < 1.29 is 14.3 Å². The van der Waals surface area contributed by atoms with Gasteiger partial charge < -0.3 is 9.47 Å². The van der Waals surface area contributed by atoms with Gasteiger partial charge in [-0.1, -0.05) is 65.4 Å². The number of rotatable bonds is 8. The SMILES string of the molecule is CCOC(=O)C1=C(C)N=c2sc(=Cc3ccc(OCc4ccccc4Cl)cc3)c(=O)n2C1c1ccc(SC)cc1. The fourth-order valence-electron chi connectivity index (χ4n) is 4.48. The van der Waals surface area contributed by atoms with Crippen LogP contribution < -0.4 is 19.6 Å². The first kappa shape index (κ1) is 28.0. The van der Waals surface area contributed by atoms with Gasteiger partial charge in [-0.15, -0.1) is 11.8 Å². The van der Waals surface area contributed by atoms with Gasteiger partial charge in [0.1, 0.15) is 12.4 Å². The molecule has 1 aliphatic heterocycles. The predicted molar refractivity (Wildman–Crippen MR) is 161 cm³/mol. The van der Waals surface area contributed by atoms with Crippen LogP contribution in [0.4, 0.5) is 0 Å². The number of fused-ring (bicyclic) bond motifs is 1. The monoisotopic (exact) mass is 590 g/mol. The quantitative estimate of drug-likeness (QED) is 0.193. The number of benzene rings is 3. The van der Waals surface area contributed by atoms with Crippen molar-refractivity contribution in [1.29, 1.82) is 0 Å². The summed E-state index contributed by atoms with van der Waals surface area (Å²) in [6, 6.07) is 22.3. The van der Waals surface area contributed by atoms with Crippen LogP contribution in [0.25, 0.3) is 6.08 Å². The van der Waals surface area contributed by atoms with Crippen molar-refractivity contribution in [2.75, 3.05) is 12.9 Å². The molecule has 0 fully saturated rings. The highest BCUT2D eigenvalue weighted by Gasteiger charge is 2.33. The molecule has 0 radical (unpaired) electrons. The lowest BCUT2D eigenvalue weighted by Gasteiger charge is -2.24. The lowest BCUT2D eigenvalue weighted by atomic mass is 9.96. The van der Waals surface area contributed by atoms with E-state index in [1.54, 1.807) is 30.2 Å². The van der Waals surface area contributed by atoms with Gasteiger partial charge >= 0.3 is 5.97 Å². The fraction of sp³-hybridized carbons (Fsp3) is 0.194. The van der Waals surface area contributed by atoms with Crippen LogP contribution in [0.5, 0.6) is 5.75 Å². The molecule has 204 valence electrons. The minimum absolute atomic E-state index is 0.212. The summed E-state index contributed by atoms with van der Waals surface area (Å²) in [5.74, 6) is 0.228. The number of esters is 1. The largest absolute Gasteiger partial charge is 0.489 e. The molecular formula is C31H27ClN2O4S2. The topological polar surface area (TPSA) is 69.9 Å². The Balaban J connectivity index is 1.50. The Morgan fingerprint density at radius 1 is 1.10 bits per heavy atom. The number of thioether (sulfide) groups is 1. The van der Waals surface area contributed by atoms with E-state index in [9.17, 15) is 9.59 Å². The molecule has 1 unspecified atom stereocenters. The summed E-state index contributed by atoms with van der Waals surface area (Å²) in [6.45, 7) is 4.14. The van der Waals surface area contributed by atoms with E-state index in [0.29, 0.717) is 38.0 Å². The lowest BCUT2D eigenvalue weighted by molar-refractivity contribution is -0.139. The smallest absolute Gasteiger partial charge is 0.338 e. The van der Waals surface area contributed by atoms with Crippen LogP contribution in [0.1, 0.15) is 36.6 Å². The fourth-order valence-corrected chi connectivity index (χ4v) is 6.13. The van der Waals surface area contributed by atoms with Crippen LogP contribution in [0.15, 0.2) is 98.7 Å². The van der Waals surface area contributed by atoms with Crippen LogP contribution >= 0.6 is 34.7 Å². The van der Waals surface area contributed by atoms with E-state index in [2.05, 4.69) is 4.99 Å². The Hall–Kier alpha value is -3.59. The lowest BCUT2D eigenvalue weighted by Crippen LogP contribution is -2.39. The molecule has 0 N–H and O–H groups in total. The van der Waals surface area contributed by atoms with Crippen LogP contribution in [0.3, 0.4) is 0 Å². The number of aromatic nitrogens is 1. The average Bonchev–Trinajstić information content (AvgIpc) is 3.26. The van der Waals surface area contributed by atoms with Gasteiger partial charge in [0.05, 0.1) is 28.5 Å². The number of carbonyl (C=O) groups is 1. The normalized spacial score (nSPS) is 15.0. The molecule has 1 aliphatic rings. The van der Waals surface area contributed by atoms with Crippen molar-refractivity contribution >= 4 is 46.7 Å². The van der Waals surface area contributed by atoms with Crippen molar-refractivity contribution in [3.8, 4) is 5.75 Å². The van der Waals surface area contributed by atoms with Crippen LogP contribution in [-0.4, -0.2) is 23.4 Å². The Labute approximate surface area is 245 Å². The predicted octanol–water partition coefficient (Wildman–Crippen LogP) is 5.75.